The van der Waals surface area contributed by atoms with Gasteiger partial charge in [-0.2, -0.15) is 12.6 Å². The Balaban J connectivity index is 5.52. The van der Waals surface area contributed by atoms with Gasteiger partial charge in [0.1, 0.15) is 18.1 Å². The van der Waals surface area contributed by atoms with Gasteiger partial charge in [0.15, 0.2) is 0 Å². The zero-order valence-electron chi connectivity index (χ0n) is 18.2. The quantitative estimate of drug-likeness (QED) is 0.0867. The van der Waals surface area contributed by atoms with Crippen LogP contribution in [-0.4, -0.2) is 81.6 Å². The predicted octanol–water partition coefficient (Wildman–Crippen LogP) is -3.82. The molecule has 34 heavy (non-hydrogen) atoms. The summed E-state index contributed by atoms with van der Waals surface area (Å²) in [4.78, 5) is 81.7. The van der Waals surface area contributed by atoms with Crippen LogP contribution in [0.2, 0.25) is 0 Å². The van der Waals surface area contributed by atoms with Crippen molar-refractivity contribution in [3.63, 3.8) is 0 Å². The first-order chi connectivity index (χ1) is 15.8. The molecule has 4 unspecified atom stereocenters. The number of nitrogens with two attached hydrogens (primary N) is 3. The maximum absolute atomic E-state index is 12.8. The van der Waals surface area contributed by atoms with Crippen LogP contribution in [0, 0.1) is 0 Å². The summed E-state index contributed by atoms with van der Waals surface area (Å²) in [5.74, 6) is -7.20. The van der Waals surface area contributed by atoms with Crippen LogP contribution in [0.5, 0.6) is 0 Å². The molecule has 0 heterocycles. The number of rotatable bonds is 17. The van der Waals surface area contributed by atoms with Crippen molar-refractivity contribution < 1.29 is 43.8 Å². The molecule has 0 aromatic rings. The summed E-state index contributed by atoms with van der Waals surface area (Å²) in [6, 6.07) is -5.49. The normalized spacial score (nSPS) is 14.1. The number of carbonyl (C=O) groups excluding carboxylic acids is 5. The largest absolute Gasteiger partial charge is 0.481 e. The van der Waals surface area contributed by atoms with E-state index in [0.717, 1.165) is 0 Å². The molecule has 0 aliphatic carbocycles. The third-order valence-electron chi connectivity index (χ3n) is 4.43. The van der Waals surface area contributed by atoms with Gasteiger partial charge < -0.3 is 43.4 Å². The van der Waals surface area contributed by atoms with Crippen molar-refractivity contribution in [2.45, 2.75) is 62.7 Å². The molecule has 192 valence electrons. The SMILES string of the molecule is NC(=O)CCC(NC(=O)C(N)CCC(=O)O)C(=O)NC(CCC(N)=O)C(=O)NC(CS)C(=O)O. The van der Waals surface area contributed by atoms with E-state index in [0.29, 0.717) is 0 Å². The molecule has 11 N–H and O–H groups in total. The number of nitrogens with one attached hydrogen (secondary N) is 3. The smallest absolute Gasteiger partial charge is 0.327 e. The number of hydrogen-bond donors (Lipinski definition) is 9. The van der Waals surface area contributed by atoms with Gasteiger partial charge in [0.25, 0.3) is 0 Å². The van der Waals surface area contributed by atoms with Crippen LogP contribution in [0.1, 0.15) is 38.5 Å². The van der Waals surface area contributed by atoms with Gasteiger partial charge in [-0.05, 0) is 19.3 Å². The van der Waals surface area contributed by atoms with E-state index in [1.54, 1.807) is 0 Å². The molecule has 0 aromatic heterocycles. The fourth-order valence-corrected chi connectivity index (χ4v) is 2.78. The molecule has 4 atom stereocenters. The summed E-state index contributed by atoms with van der Waals surface area (Å²) in [6.45, 7) is 0. The molecule has 0 radical (unpaired) electrons. The summed E-state index contributed by atoms with van der Waals surface area (Å²) in [5.41, 5.74) is 15.8. The van der Waals surface area contributed by atoms with Gasteiger partial charge in [0.05, 0.1) is 6.04 Å². The Bertz CT molecular complexity index is 794. The van der Waals surface area contributed by atoms with E-state index in [1.165, 1.54) is 0 Å². The van der Waals surface area contributed by atoms with E-state index in [9.17, 15) is 33.6 Å². The fourth-order valence-electron chi connectivity index (χ4n) is 2.53. The molecular formula is C18H30N6O9S. The molecule has 0 bridgehead atoms. The summed E-state index contributed by atoms with van der Waals surface area (Å²) in [6.07, 6.45) is -1.87. The van der Waals surface area contributed by atoms with E-state index in [1.807, 2.05) is 0 Å². The first kappa shape index (κ1) is 30.6. The van der Waals surface area contributed by atoms with Crippen molar-refractivity contribution in [2.24, 2.45) is 17.2 Å². The Morgan fingerprint density at radius 3 is 1.44 bits per heavy atom. The minimum Gasteiger partial charge on any atom is -0.481 e. The summed E-state index contributed by atoms with van der Waals surface area (Å²) in [7, 11) is 0. The molecule has 0 aromatic carbocycles. The van der Waals surface area contributed by atoms with Gasteiger partial charge in [0, 0.05) is 25.0 Å². The maximum atomic E-state index is 12.8. The topological polar surface area (TPSA) is 274 Å². The number of carbonyl (C=O) groups is 7. The highest BCUT2D eigenvalue weighted by atomic mass is 32.1. The Labute approximate surface area is 199 Å². The average Bonchev–Trinajstić information content (AvgIpc) is 2.74. The highest BCUT2D eigenvalue weighted by molar-refractivity contribution is 7.80. The predicted molar refractivity (Wildman–Crippen MR) is 119 cm³/mol. The van der Waals surface area contributed by atoms with Crippen LogP contribution in [0.4, 0.5) is 0 Å². The van der Waals surface area contributed by atoms with Gasteiger partial charge >= 0.3 is 11.9 Å². The first-order valence-corrected chi connectivity index (χ1v) is 10.7. The second kappa shape index (κ2) is 15.4. The van der Waals surface area contributed by atoms with Crippen LogP contribution >= 0.6 is 12.6 Å². The summed E-state index contributed by atoms with van der Waals surface area (Å²) < 4.78 is 0. The molecule has 5 amide bonds. The number of hydrogen-bond acceptors (Lipinski definition) is 9. The molecule has 16 heteroatoms. The third kappa shape index (κ3) is 12.6. The van der Waals surface area contributed by atoms with Gasteiger partial charge in [-0.3, -0.25) is 28.8 Å². The maximum Gasteiger partial charge on any atom is 0.327 e. The number of carboxylic acids is 2. The minimum atomic E-state index is -1.42. The van der Waals surface area contributed by atoms with Crippen molar-refractivity contribution in [1.29, 1.82) is 0 Å². The lowest BCUT2D eigenvalue weighted by Gasteiger charge is -2.24. The molecule has 0 aliphatic heterocycles. The van der Waals surface area contributed by atoms with Crippen molar-refractivity contribution in [2.75, 3.05) is 5.75 Å². The second-order valence-corrected chi connectivity index (χ2v) is 7.62. The Kier molecular flexibility index (Phi) is 13.9. The van der Waals surface area contributed by atoms with E-state index in [2.05, 4.69) is 28.6 Å². The number of primary amides is 2. The van der Waals surface area contributed by atoms with Crippen molar-refractivity contribution in [3.05, 3.63) is 0 Å². The zero-order chi connectivity index (χ0) is 26.4. The average molecular weight is 507 g/mol. The third-order valence-corrected chi connectivity index (χ3v) is 4.79. The molecule has 0 rings (SSSR count). The summed E-state index contributed by atoms with van der Waals surface area (Å²) >= 11 is 3.82. The Morgan fingerprint density at radius 1 is 0.676 bits per heavy atom. The molecular weight excluding hydrogens is 476 g/mol. The highest BCUT2D eigenvalue weighted by Gasteiger charge is 2.30. The highest BCUT2D eigenvalue weighted by Crippen LogP contribution is 2.05. The van der Waals surface area contributed by atoms with Gasteiger partial charge in [-0.15, -0.1) is 0 Å². The summed E-state index contributed by atoms with van der Waals surface area (Å²) in [5, 5.41) is 24.5. The van der Waals surface area contributed by atoms with Crippen LogP contribution in [0.25, 0.3) is 0 Å². The van der Waals surface area contributed by atoms with Gasteiger partial charge in [0.2, 0.25) is 29.5 Å². The molecule has 0 spiro atoms. The number of amides is 5. The first-order valence-electron chi connectivity index (χ1n) is 10.1. The van der Waals surface area contributed by atoms with E-state index < -0.39 is 72.1 Å². The fraction of sp³-hybridized carbons (Fsp3) is 0.611. The van der Waals surface area contributed by atoms with E-state index in [4.69, 9.17) is 27.4 Å². The van der Waals surface area contributed by atoms with Crippen molar-refractivity contribution in [3.8, 4) is 0 Å². The lowest BCUT2D eigenvalue weighted by Crippen LogP contribution is -2.57. The number of carboxylic acid groups (broad SMARTS) is 2. The molecule has 0 saturated heterocycles. The monoisotopic (exact) mass is 506 g/mol. The molecule has 0 saturated carbocycles. The van der Waals surface area contributed by atoms with Crippen molar-refractivity contribution in [1.82, 2.24) is 16.0 Å². The molecule has 15 nitrogen and oxygen atoms in total. The number of thiol groups is 1. The van der Waals surface area contributed by atoms with E-state index in [-0.39, 0.29) is 37.9 Å². The minimum absolute atomic E-state index is 0.227. The van der Waals surface area contributed by atoms with E-state index >= 15 is 0 Å². The van der Waals surface area contributed by atoms with Crippen molar-refractivity contribution >= 4 is 54.1 Å². The van der Waals surface area contributed by atoms with Gasteiger partial charge in [-0.1, -0.05) is 0 Å². The van der Waals surface area contributed by atoms with Crippen LogP contribution < -0.4 is 33.2 Å². The van der Waals surface area contributed by atoms with Crippen LogP contribution in [0.15, 0.2) is 0 Å². The Morgan fingerprint density at radius 2 is 1.09 bits per heavy atom. The molecule has 0 aliphatic rings. The van der Waals surface area contributed by atoms with Gasteiger partial charge in [-0.25, -0.2) is 4.79 Å². The standard InChI is InChI=1S/C18H30N6O9S/c19-8(1-6-14(27)28)15(29)22-9(2-4-12(20)25)16(30)23-10(3-5-13(21)26)17(31)24-11(7-34)18(32)33/h8-11,34H,1-7,19H2,(H2,20,25)(H2,21,26)(H,22,29)(H,23,30)(H,24,31)(H,27,28)(H,32,33). The lowest BCUT2D eigenvalue weighted by molar-refractivity contribution is -0.142. The second-order valence-electron chi connectivity index (χ2n) is 7.25. The number of aliphatic carboxylic acids is 2. The molecule has 0 fully saturated rings. The van der Waals surface area contributed by atoms with Crippen LogP contribution in [0.3, 0.4) is 0 Å². The Hall–Kier alpha value is -3.40. The van der Waals surface area contributed by atoms with Crippen LogP contribution in [-0.2, 0) is 33.6 Å². The zero-order valence-corrected chi connectivity index (χ0v) is 19.1. The lowest BCUT2D eigenvalue weighted by atomic mass is 10.1.